The van der Waals surface area contributed by atoms with Gasteiger partial charge in [0, 0.05) is 11.8 Å². The van der Waals surface area contributed by atoms with Crippen molar-refractivity contribution in [2.45, 2.75) is 26.7 Å². The van der Waals surface area contributed by atoms with Crippen molar-refractivity contribution >= 4 is 11.6 Å². The highest BCUT2D eigenvalue weighted by Gasteiger charge is 2.22. The number of fused-ring (bicyclic) bond motifs is 1. The zero-order chi connectivity index (χ0) is 15.9. The summed E-state index contributed by atoms with van der Waals surface area (Å²) in [7, 11) is 0. The van der Waals surface area contributed by atoms with Crippen LogP contribution < -0.4 is 0 Å². The number of hydrogen-bond acceptors (Lipinski definition) is 3. The van der Waals surface area contributed by atoms with Gasteiger partial charge in [-0.3, -0.25) is 0 Å². The molecule has 0 spiro atoms. The fourth-order valence-corrected chi connectivity index (χ4v) is 2.77. The zero-order valence-electron chi connectivity index (χ0n) is 12.7. The topological polar surface area (TPSA) is 67.5 Å². The Bertz CT molecular complexity index is 851. The highest BCUT2D eigenvalue weighted by atomic mass is 16.4. The smallest absolute Gasteiger partial charge is 0.339 e. The van der Waals surface area contributed by atoms with Crippen LogP contribution in [-0.2, 0) is 0 Å². The van der Waals surface area contributed by atoms with Crippen molar-refractivity contribution in [2.75, 3.05) is 0 Å². The number of hydrogen-bond donors (Lipinski definition) is 1. The monoisotopic (exact) mass is 295 g/mol. The maximum Gasteiger partial charge on any atom is 0.339 e. The molecule has 112 valence electrons. The Kier molecular flexibility index (Phi) is 3.41. The molecule has 0 radical (unpaired) electrons. The Labute approximate surface area is 128 Å². The minimum Gasteiger partial charge on any atom is -0.478 e. The van der Waals surface area contributed by atoms with Crippen LogP contribution in [0.15, 0.2) is 36.5 Å². The predicted molar refractivity (Wildman–Crippen MR) is 84.2 cm³/mol. The van der Waals surface area contributed by atoms with E-state index in [1.807, 2.05) is 51.1 Å². The Morgan fingerprint density at radius 3 is 2.50 bits per heavy atom. The van der Waals surface area contributed by atoms with Gasteiger partial charge in [0.1, 0.15) is 0 Å². The molecule has 0 unspecified atom stereocenters. The van der Waals surface area contributed by atoms with Crippen LogP contribution >= 0.6 is 0 Å². The van der Waals surface area contributed by atoms with E-state index in [4.69, 9.17) is 0 Å². The third kappa shape index (κ3) is 2.15. The van der Waals surface area contributed by atoms with Crippen LogP contribution in [0.3, 0.4) is 0 Å². The highest BCUT2D eigenvalue weighted by molar-refractivity contribution is 5.90. The van der Waals surface area contributed by atoms with E-state index >= 15 is 0 Å². The number of aromatic nitrogens is 3. The molecule has 2 heterocycles. The standard InChI is InChI=1S/C17H17N3O2/c1-10(2)15-13(17(21)22)9-18-16-14(11(3)19-20(15)16)12-7-5-4-6-8-12/h4-10H,1-3H3,(H,21,22). The number of carbonyl (C=O) groups is 1. The van der Waals surface area contributed by atoms with Gasteiger partial charge in [0.2, 0.25) is 0 Å². The summed E-state index contributed by atoms with van der Waals surface area (Å²) in [5.41, 5.74) is 4.37. The van der Waals surface area contributed by atoms with Crippen molar-refractivity contribution in [1.82, 2.24) is 14.6 Å². The van der Waals surface area contributed by atoms with Crippen molar-refractivity contribution in [2.24, 2.45) is 0 Å². The second kappa shape index (κ2) is 5.26. The van der Waals surface area contributed by atoms with Crippen LogP contribution in [0.5, 0.6) is 0 Å². The molecule has 2 aromatic heterocycles. The molecule has 5 nitrogen and oxygen atoms in total. The molecule has 0 fully saturated rings. The predicted octanol–water partition coefficient (Wildman–Crippen LogP) is 3.53. The minimum absolute atomic E-state index is 0.0273. The van der Waals surface area contributed by atoms with Crippen molar-refractivity contribution in [3.63, 3.8) is 0 Å². The van der Waals surface area contributed by atoms with E-state index in [-0.39, 0.29) is 11.5 Å². The number of carboxylic acid groups (broad SMARTS) is 1. The molecule has 0 aliphatic rings. The summed E-state index contributed by atoms with van der Waals surface area (Å²) in [6.07, 6.45) is 1.43. The average molecular weight is 295 g/mol. The summed E-state index contributed by atoms with van der Waals surface area (Å²) in [5, 5.41) is 13.9. The zero-order valence-corrected chi connectivity index (χ0v) is 12.7. The van der Waals surface area contributed by atoms with Crippen molar-refractivity contribution < 1.29 is 9.90 Å². The first kappa shape index (κ1) is 14.3. The Balaban J connectivity index is 2.37. The first-order valence-corrected chi connectivity index (χ1v) is 7.17. The maximum atomic E-state index is 11.5. The number of benzene rings is 1. The SMILES string of the molecule is Cc1nn2c(C(C)C)c(C(=O)O)cnc2c1-c1ccccc1. The Morgan fingerprint density at radius 1 is 1.23 bits per heavy atom. The van der Waals surface area contributed by atoms with Crippen LogP contribution in [0.25, 0.3) is 16.8 Å². The Morgan fingerprint density at radius 2 is 1.91 bits per heavy atom. The molecule has 22 heavy (non-hydrogen) atoms. The quantitative estimate of drug-likeness (QED) is 0.802. The fraction of sp³-hybridized carbons (Fsp3) is 0.235. The van der Waals surface area contributed by atoms with E-state index in [0.29, 0.717) is 11.3 Å². The van der Waals surface area contributed by atoms with Gasteiger partial charge < -0.3 is 5.11 Å². The largest absolute Gasteiger partial charge is 0.478 e. The third-order valence-electron chi connectivity index (χ3n) is 3.70. The summed E-state index contributed by atoms with van der Waals surface area (Å²) in [6, 6.07) is 9.90. The molecule has 0 aliphatic heterocycles. The lowest BCUT2D eigenvalue weighted by atomic mass is 10.0. The lowest BCUT2D eigenvalue weighted by molar-refractivity contribution is 0.0693. The van der Waals surface area contributed by atoms with Gasteiger partial charge in [0.05, 0.1) is 17.0 Å². The second-order valence-corrected chi connectivity index (χ2v) is 5.58. The molecule has 3 rings (SSSR count). The molecule has 0 atom stereocenters. The molecular formula is C17H17N3O2. The van der Waals surface area contributed by atoms with Crippen LogP contribution in [0, 0.1) is 6.92 Å². The van der Waals surface area contributed by atoms with E-state index in [9.17, 15) is 9.90 Å². The molecule has 0 saturated heterocycles. The van der Waals surface area contributed by atoms with E-state index in [0.717, 1.165) is 16.8 Å². The second-order valence-electron chi connectivity index (χ2n) is 5.58. The third-order valence-corrected chi connectivity index (χ3v) is 3.70. The van der Waals surface area contributed by atoms with Gasteiger partial charge in [-0.2, -0.15) is 5.10 Å². The van der Waals surface area contributed by atoms with E-state index in [1.165, 1.54) is 6.20 Å². The summed E-state index contributed by atoms with van der Waals surface area (Å²) < 4.78 is 1.67. The lowest BCUT2D eigenvalue weighted by Gasteiger charge is -2.11. The minimum atomic E-state index is -0.979. The number of aromatic carboxylic acids is 1. The summed E-state index contributed by atoms with van der Waals surface area (Å²) >= 11 is 0. The van der Waals surface area contributed by atoms with Gasteiger partial charge >= 0.3 is 5.97 Å². The molecule has 5 heteroatoms. The Hall–Kier alpha value is -2.69. The fourth-order valence-electron chi connectivity index (χ4n) is 2.77. The lowest BCUT2D eigenvalue weighted by Crippen LogP contribution is -2.11. The van der Waals surface area contributed by atoms with Crippen LogP contribution in [0.1, 0.15) is 41.5 Å². The number of nitrogens with zero attached hydrogens (tertiary/aromatic N) is 3. The summed E-state index contributed by atoms with van der Waals surface area (Å²) in [4.78, 5) is 15.8. The van der Waals surface area contributed by atoms with Crippen molar-refractivity contribution in [3.8, 4) is 11.1 Å². The molecule has 0 bridgehead atoms. The summed E-state index contributed by atoms with van der Waals surface area (Å²) in [6.45, 7) is 5.84. The van der Waals surface area contributed by atoms with Crippen LogP contribution in [0.4, 0.5) is 0 Å². The molecular weight excluding hydrogens is 278 g/mol. The van der Waals surface area contributed by atoms with E-state index < -0.39 is 5.97 Å². The van der Waals surface area contributed by atoms with Crippen molar-refractivity contribution in [3.05, 3.63) is 53.5 Å². The number of carboxylic acids is 1. The first-order chi connectivity index (χ1) is 10.5. The molecule has 0 aliphatic carbocycles. The van der Waals surface area contributed by atoms with Gasteiger partial charge in [-0.05, 0) is 18.4 Å². The maximum absolute atomic E-state index is 11.5. The van der Waals surface area contributed by atoms with Gasteiger partial charge in [0.15, 0.2) is 5.65 Å². The van der Waals surface area contributed by atoms with Gasteiger partial charge in [-0.15, -0.1) is 0 Å². The first-order valence-electron chi connectivity index (χ1n) is 7.17. The number of rotatable bonds is 3. The van der Waals surface area contributed by atoms with E-state index in [2.05, 4.69) is 10.1 Å². The van der Waals surface area contributed by atoms with Gasteiger partial charge in [-0.25, -0.2) is 14.3 Å². The average Bonchev–Trinajstić information content (AvgIpc) is 2.82. The van der Waals surface area contributed by atoms with Crippen LogP contribution in [-0.4, -0.2) is 25.7 Å². The number of aryl methyl sites for hydroxylation is 1. The highest BCUT2D eigenvalue weighted by Crippen LogP contribution is 2.30. The molecule has 0 saturated carbocycles. The van der Waals surface area contributed by atoms with Gasteiger partial charge in [0.25, 0.3) is 0 Å². The van der Waals surface area contributed by atoms with E-state index in [1.54, 1.807) is 4.52 Å². The molecule has 1 N–H and O–H groups in total. The van der Waals surface area contributed by atoms with Crippen molar-refractivity contribution in [1.29, 1.82) is 0 Å². The molecule has 1 aromatic carbocycles. The van der Waals surface area contributed by atoms with Gasteiger partial charge in [-0.1, -0.05) is 44.2 Å². The summed E-state index contributed by atoms with van der Waals surface area (Å²) in [5.74, 6) is -0.952. The van der Waals surface area contributed by atoms with Crippen LogP contribution in [0.2, 0.25) is 0 Å². The normalized spacial score (nSPS) is 11.3. The molecule has 0 amide bonds. The molecule has 3 aromatic rings.